The number of anilines is 1. The van der Waals surface area contributed by atoms with Gasteiger partial charge in [0.15, 0.2) is 11.0 Å². The summed E-state index contributed by atoms with van der Waals surface area (Å²) in [6, 6.07) is 11.3. The molecule has 2 heterocycles. The van der Waals surface area contributed by atoms with Crippen molar-refractivity contribution in [1.29, 1.82) is 0 Å². The number of allylic oxidation sites excluding steroid dienone is 1. The number of aromatic nitrogens is 3. The summed E-state index contributed by atoms with van der Waals surface area (Å²) in [4.78, 5) is 23.6. The number of hydrogen-bond donors (Lipinski definition) is 2. The first-order valence-electron chi connectivity index (χ1n) is 7.99. The molecule has 9 heteroatoms. The van der Waals surface area contributed by atoms with Gasteiger partial charge in [-0.15, -0.1) is 28.1 Å². The lowest BCUT2D eigenvalue weighted by molar-refractivity contribution is -0.113. The SMILES string of the molecule is C=CCn1c(SCC(=O)Nc2sccc2C(N)=O)nnc1-c1ccccc1. The van der Waals surface area contributed by atoms with Crippen LogP contribution in [0.2, 0.25) is 0 Å². The van der Waals surface area contributed by atoms with Crippen molar-refractivity contribution in [1.82, 2.24) is 14.8 Å². The molecule has 1 aromatic carbocycles. The Hall–Kier alpha value is -2.91. The average molecular weight is 400 g/mol. The number of amides is 2. The van der Waals surface area contributed by atoms with E-state index >= 15 is 0 Å². The van der Waals surface area contributed by atoms with Crippen LogP contribution in [0.5, 0.6) is 0 Å². The molecule has 0 saturated heterocycles. The van der Waals surface area contributed by atoms with Gasteiger partial charge in [0.2, 0.25) is 5.91 Å². The van der Waals surface area contributed by atoms with Gasteiger partial charge in [0.05, 0.1) is 11.3 Å². The molecule has 0 radical (unpaired) electrons. The smallest absolute Gasteiger partial charge is 0.251 e. The Morgan fingerprint density at radius 1 is 1.26 bits per heavy atom. The number of nitrogens with two attached hydrogens (primary N) is 1. The molecule has 27 heavy (non-hydrogen) atoms. The Morgan fingerprint density at radius 2 is 2.04 bits per heavy atom. The maximum Gasteiger partial charge on any atom is 0.251 e. The Labute approximate surface area is 164 Å². The van der Waals surface area contributed by atoms with E-state index in [1.807, 2.05) is 34.9 Å². The van der Waals surface area contributed by atoms with E-state index in [1.165, 1.54) is 23.1 Å². The van der Waals surface area contributed by atoms with E-state index in [-0.39, 0.29) is 11.7 Å². The van der Waals surface area contributed by atoms with Gasteiger partial charge in [0.25, 0.3) is 5.91 Å². The molecule has 0 saturated carbocycles. The highest BCUT2D eigenvalue weighted by Gasteiger charge is 2.16. The maximum absolute atomic E-state index is 12.2. The Kier molecular flexibility index (Phi) is 6.05. The Morgan fingerprint density at radius 3 is 2.74 bits per heavy atom. The molecule has 3 aromatic rings. The van der Waals surface area contributed by atoms with Crippen molar-refractivity contribution in [3.8, 4) is 11.4 Å². The second-order valence-electron chi connectivity index (χ2n) is 5.44. The number of rotatable bonds is 8. The van der Waals surface area contributed by atoms with Crippen LogP contribution in [-0.4, -0.2) is 32.3 Å². The number of nitrogens with one attached hydrogen (secondary N) is 1. The molecule has 0 aliphatic heterocycles. The molecule has 0 fully saturated rings. The highest BCUT2D eigenvalue weighted by atomic mass is 32.2. The zero-order chi connectivity index (χ0) is 19.2. The molecule has 138 valence electrons. The van der Waals surface area contributed by atoms with Crippen LogP contribution in [0.3, 0.4) is 0 Å². The normalized spacial score (nSPS) is 10.5. The number of hydrogen-bond acceptors (Lipinski definition) is 6. The molecule has 3 N–H and O–H groups in total. The van der Waals surface area contributed by atoms with Crippen molar-refractivity contribution in [3.05, 3.63) is 60.0 Å². The number of benzene rings is 1. The molecule has 0 unspecified atom stereocenters. The number of nitrogens with zero attached hydrogens (tertiary/aromatic N) is 3. The molecule has 0 atom stereocenters. The van der Waals surface area contributed by atoms with Gasteiger partial charge in [-0.2, -0.15) is 0 Å². The van der Waals surface area contributed by atoms with Crippen molar-refractivity contribution in [2.24, 2.45) is 5.73 Å². The van der Waals surface area contributed by atoms with Gasteiger partial charge in [0, 0.05) is 12.1 Å². The summed E-state index contributed by atoms with van der Waals surface area (Å²) < 4.78 is 1.90. The first-order valence-corrected chi connectivity index (χ1v) is 9.86. The van der Waals surface area contributed by atoms with Crippen molar-refractivity contribution < 1.29 is 9.59 Å². The van der Waals surface area contributed by atoms with Crippen LogP contribution in [0.25, 0.3) is 11.4 Å². The van der Waals surface area contributed by atoms with Gasteiger partial charge in [0.1, 0.15) is 5.00 Å². The summed E-state index contributed by atoms with van der Waals surface area (Å²) in [7, 11) is 0. The van der Waals surface area contributed by atoms with E-state index in [2.05, 4.69) is 22.1 Å². The molecular formula is C18H17N5O2S2. The van der Waals surface area contributed by atoms with Gasteiger partial charge in [-0.25, -0.2) is 0 Å². The summed E-state index contributed by atoms with van der Waals surface area (Å²) in [5, 5.41) is 13.9. The zero-order valence-electron chi connectivity index (χ0n) is 14.3. The summed E-state index contributed by atoms with van der Waals surface area (Å²) >= 11 is 2.52. The van der Waals surface area contributed by atoms with Crippen molar-refractivity contribution in [3.63, 3.8) is 0 Å². The van der Waals surface area contributed by atoms with Gasteiger partial charge in [-0.1, -0.05) is 48.2 Å². The van der Waals surface area contributed by atoms with E-state index in [0.29, 0.717) is 28.1 Å². The van der Waals surface area contributed by atoms with Crippen LogP contribution < -0.4 is 11.1 Å². The third-order valence-electron chi connectivity index (χ3n) is 3.58. The molecule has 7 nitrogen and oxygen atoms in total. The van der Waals surface area contributed by atoms with Crippen LogP contribution in [0.1, 0.15) is 10.4 Å². The fourth-order valence-electron chi connectivity index (χ4n) is 2.38. The topological polar surface area (TPSA) is 103 Å². The molecule has 3 rings (SSSR count). The fraction of sp³-hybridized carbons (Fsp3) is 0.111. The predicted molar refractivity (Wildman–Crippen MR) is 108 cm³/mol. The largest absolute Gasteiger partial charge is 0.366 e. The van der Waals surface area contributed by atoms with Crippen molar-refractivity contribution in [2.75, 3.05) is 11.1 Å². The van der Waals surface area contributed by atoms with E-state index < -0.39 is 5.91 Å². The van der Waals surface area contributed by atoms with E-state index in [4.69, 9.17) is 5.73 Å². The minimum atomic E-state index is -0.572. The van der Waals surface area contributed by atoms with Crippen LogP contribution in [-0.2, 0) is 11.3 Å². The van der Waals surface area contributed by atoms with Crippen LogP contribution >= 0.6 is 23.1 Å². The second-order valence-corrected chi connectivity index (χ2v) is 7.29. The fourth-order valence-corrected chi connectivity index (χ4v) is 3.94. The Bertz CT molecular complexity index is 965. The molecule has 0 aliphatic rings. The van der Waals surface area contributed by atoms with E-state index in [9.17, 15) is 9.59 Å². The van der Waals surface area contributed by atoms with Crippen molar-refractivity contribution in [2.45, 2.75) is 11.7 Å². The summed E-state index contributed by atoms with van der Waals surface area (Å²) in [5.41, 5.74) is 6.53. The molecule has 0 spiro atoms. The van der Waals surface area contributed by atoms with Gasteiger partial charge < -0.3 is 11.1 Å². The van der Waals surface area contributed by atoms with Crippen LogP contribution in [0.15, 0.2) is 59.6 Å². The molecular weight excluding hydrogens is 382 g/mol. The summed E-state index contributed by atoms with van der Waals surface area (Å²) in [5.74, 6) is 0.0182. The van der Waals surface area contributed by atoms with Crippen LogP contribution in [0.4, 0.5) is 5.00 Å². The minimum absolute atomic E-state index is 0.125. The Balaban J connectivity index is 1.71. The number of thiophene rings is 1. The zero-order valence-corrected chi connectivity index (χ0v) is 15.9. The van der Waals surface area contributed by atoms with E-state index in [0.717, 1.165) is 5.56 Å². The molecule has 2 aromatic heterocycles. The van der Waals surface area contributed by atoms with Gasteiger partial charge >= 0.3 is 0 Å². The van der Waals surface area contributed by atoms with Gasteiger partial charge in [-0.05, 0) is 11.4 Å². The first-order chi connectivity index (χ1) is 13.1. The lowest BCUT2D eigenvalue weighted by Crippen LogP contribution is -2.18. The molecule has 0 aliphatic carbocycles. The van der Waals surface area contributed by atoms with E-state index in [1.54, 1.807) is 17.5 Å². The minimum Gasteiger partial charge on any atom is -0.366 e. The van der Waals surface area contributed by atoms with Crippen molar-refractivity contribution >= 4 is 39.9 Å². The highest BCUT2D eigenvalue weighted by molar-refractivity contribution is 7.99. The summed E-state index contributed by atoms with van der Waals surface area (Å²) in [6.45, 7) is 4.30. The quantitative estimate of drug-likeness (QED) is 0.448. The first kappa shape index (κ1) is 18.9. The molecule has 2 amide bonds. The number of carbonyl (C=O) groups is 2. The standard InChI is InChI=1S/C18H17N5O2S2/c1-2-9-23-16(12-6-4-3-5-7-12)21-22-18(23)27-11-14(24)20-17-13(15(19)25)8-10-26-17/h2-8,10H,1,9,11H2,(H2,19,25)(H,20,24). The molecule has 0 bridgehead atoms. The van der Waals surface area contributed by atoms with Crippen LogP contribution in [0, 0.1) is 0 Å². The third kappa shape index (κ3) is 4.44. The second kappa shape index (κ2) is 8.65. The monoisotopic (exact) mass is 399 g/mol. The maximum atomic E-state index is 12.2. The number of thioether (sulfide) groups is 1. The number of carbonyl (C=O) groups excluding carboxylic acids is 2. The number of primary amides is 1. The van der Waals surface area contributed by atoms with Gasteiger partial charge in [-0.3, -0.25) is 14.2 Å². The predicted octanol–water partition coefficient (Wildman–Crippen LogP) is 3.02. The highest BCUT2D eigenvalue weighted by Crippen LogP contribution is 2.26. The average Bonchev–Trinajstić information content (AvgIpc) is 3.28. The lowest BCUT2D eigenvalue weighted by atomic mass is 10.2. The summed E-state index contributed by atoms with van der Waals surface area (Å²) in [6.07, 6.45) is 1.75. The third-order valence-corrected chi connectivity index (χ3v) is 5.37. The lowest BCUT2D eigenvalue weighted by Gasteiger charge is -2.08.